The number of anilines is 2. The first-order chi connectivity index (χ1) is 28.0. The van der Waals surface area contributed by atoms with E-state index in [1.165, 1.54) is 24.3 Å². The Balaban J connectivity index is 0.000000536. The van der Waals surface area contributed by atoms with Gasteiger partial charge in [0.15, 0.2) is 5.82 Å². The molecule has 7 rings (SSSR count). The van der Waals surface area contributed by atoms with Crippen LogP contribution < -0.4 is 15.6 Å². The third-order valence-electron chi connectivity index (χ3n) is 7.30. The van der Waals surface area contributed by atoms with Gasteiger partial charge in [0.1, 0.15) is 29.0 Å². The van der Waals surface area contributed by atoms with Crippen LogP contribution >= 0.6 is 0 Å². The van der Waals surface area contributed by atoms with Crippen molar-refractivity contribution in [3.8, 4) is 22.3 Å². The zero-order chi connectivity index (χ0) is 44.4. The Hall–Kier alpha value is -6.03. The van der Waals surface area contributed by atoms with Crippen molar-refractivity contribution in [3.63, 3.8) is 0 Å². The van der Waals surface area contributed by atoms with Gasteiger partial charge in [-0.15, -0.1) is 0 Å². The first-order valence-corrected chi connectivity index (χ1v) is 16.5. The molecule has 0 atom stereocenters. The summed E-state index contributed by atoms with van der Waals surface area (Å²) >= 11 is 0. The number of para-hydroxylation sites is 1. The molecule has 61 heavy (non-hydrogen) atoms. The molecule has 1 aliphatic rings. The number of nitrogens with one attached hydrogen (secondary N) is 1. The second-order valence-electron chi connectivity index (χ2n) is 11.5. The molecule has 0 aliphatic carbocycles. The fraction of sp³-hybridized carbons (Fsp3) is 0. The predicted octanol–water partition coefficient (Wildman–Crippen LogP) is 11.9. The maximum Gasteiger partial charge on any atom is 3.00 e. The molecular formula is C35H22B3F16IrN6. The van der Waals surface area contributed by atoms with Crippen molar-refractivity contribution in [3.05, 3.63) is 162 Å². The minimum atomic E-state index is -6.00. The van der Waals surface area contributed by atoms with Crippen LogP contribution in [-0.2, 0) is 20.1 Å². The predicted molar refractivity (Wildman–Crippen MR) is 195 cm³/mol. The average Bonchev–Trinajstić information content (AvgIpc) is 3.54. The van der Waals surface area contributed by atoms with Crippen LogP contribution in [0.5, 0.6) is 0 Å². The van der Waals surface area contributed by atoms with E-state index in [4.69, 9.17) is 4.98 Å². The molecule has 0 saturated heterocycles. The van der Waals surface area contributed by atoms with Crippen molar-refractivity contribution < 1.29 is 89.5 Å². The van der Waals surface area contributed by atoms with Crippen LogP contribution in [0.1, 0.15) is 11.3 Å². The molecule has 322 valence electrons. The molecular weight excluding hydrogens is 1030 g/mol. The van der Waals surface area contributed by atoms with Crippen molar-refractivity contribution in [2.45, 2.75) is 0 Å². The zero-order valence-corrected chi connectivity index (χ0v) is 32.4. The molecule has 4 heterocycles. The maximum atomic E-state index is 15.3. The van der Waals surface area contributed by atoms with Crippen LogP contribution in [0.15, 0.2) is 128 Å². The van der Waals surface area contributed by atoms with Gasteiger partial charge >= 0.3 is 41.9 Å². The molecule has 3 aromatic heterocycles. The van der Waals surface area contributed by atoms with Gasteiger partial charge in [0.2, 0.25) is 0 Å². The van der Waals surface area contributed by atoms with E-state index < -0.39 is 45.0 Å². The normalized spacial score (nSPS) is 12.5. The van der Waals surface area contributed by atoms with E-state index in [1.54, 1.807) is 71.3 Å². The van der Waals surface area contributed by atoms with E-state index in [9.17, 15) is 60.6 Å². The van der Waals surface area contributed by atoms with Crippen LogP contribution in [0.2, 0.25) is 0 Å². The van der Waals surface area contributed by atoms with Gasteiger partial charge < -0.3 is 51.8 Å². The van der Waals surface area contributed by atoms with Gasteiger partial charge in [-0.2, -0.15) is 5.12 Å². The summed E-state index contributed by atoms with van der Waals surface area (Å²) in [6.07, 6.45) is 6.42. The van der Waals surface area contributed by atoms with Gasteiger partial charge in [-0.05, 0) is 66.7 Å². The van der Waals surface area contributed by atoms with Gasteiger partial charge in [-0.1, -0.05) is 24.3 Å². The zero-order valence-electron chi connectivity index (χ0n) is 30.0. The second-order valence-corrected chi connectivity index (χ2v) is 11.5. The van der Waals surface area contributed by atoms with Crippen molar-refractivity contribution in [2.75, 3.05) is 10.1 Å². The van der Waals surface area contributed by atoms with Crippen molar-refractivity contribution in [2.24, 2.45) is 0 Å². The Morgan fingerprint density at radius 2 is 0.934 bits per heavy atom. The molecule has 0 saturated carbocycles. The topological polar surface area (TPSA) is 57.2 Å². The maximum absolute atomic E-state index is 15.3. The first-order valence-electron chi connectivity index (χ1n) is 16.5. The minimum absolute atomic E-state index is 0. The van der Waals surface area contributed by atoms with Gasteiger partial charge in [0.05, 0.1) is 17.1 Å². The molecule has 0 spiro atoms. The number of rotatable bonds is 6. The Bertz CT molecular complexity index is 2350. The van der Waals surface area contributed by atoms with Crippen LogP contribution in [0, 0.1) is 23.3 Å². The van der Waals surface area contributed by atoms with E-state index in [0.717, 1.165) is 12.1 Å². The van der Waals surface area contributed by atoms with Crippen molar-refractivity contribution >= 4 is 44.7 Å². The van der Waals surface area contributed by atoms with E-state index in [2.05, 4.69) is 15.4 Å². The second kappa shape index (κ2) is 21.0. The number of aromatic nitrogens is 3. The standard InChI is InChI=1S/C35H22F4N6.3BF4.Ir/c36-23-10-12-26(30(38)20-23)28-8-4-16-41-33(28)34-32(22-14-18-40-19-15-22)43-45(44(34)25-6-2-1-3-7-25)35-29(9-5-17-42-35)27-13-11-24(37)21-31(27)39;3*2-1(3,4)5;/h1-21,43H;;;;/q;3*-1;+3. The Morgan fingerprint density at radius 1 is 0.475 bits per heavy atom. The summed E-state index contributed by atoms with van der Waals surface area (Å²) in [4.78, 5) is 13.5. The summed E-state index contributed by atoms with van der Waals surface area (Å²) < 4.78 is 175. The fourth-order valence-corrected chi connectivity index (χ4v) is 5.32. The molecule has 0 fully saturated rings. The Labute approximate surface area is 348 Å². The number of hydrogen-bond donors (Lipinski definition) is 1. The molecule has 1 aliphatic heterocycles. The van der Waals surface area contributed by atoms with E-state index in [-0.39, 0.29) is 31.2 Å². The first kappa shape index (κ1) is 49.3. The van der Waals surface area contributed by atoms with Gasteiger partial charge in [0.25, 0.3) is 0 Å². The van der Waals surface area contributed by atoms with Crippen LogP contribution in [0.4, 0.5) is 80.9 Å². The van der Waals surface area contributed by atoms with E-state index in [0.29, 0.717) is 45.3 Å². The number of nitrogens with zero attached hydrogens (tertiary/aromatic N) is 5. The van der Waals surface area contributed by atoms with Crippen LogP contribution in [0.25, 0.3) is 33.6 Å². The van der Waals surface area contributed by atoms with Crippen molar-refractivity contribution in [1.82, 2.24) is 20.4 Å². The number of pyridine rings is 3. The minimum Gasteiger partial charge on any atom is -0.418 e. The van der Waals surface area contributed by atoms with Gasteiger partial charge in [-0.25, -0.2) is 27.6 Å². The monoisotopic (exact) mass is 1060 g/mol. The van der Waals surface area contributed by atoms with Crippen LogP contribution in [-0.4, -0.2) is 36.7 Å². The van der Waals surface area contributed by atoms with Crippen molar-refractivity contribution in [1.29, 1.82) is 0 Å². The summed E-state index contributed by atoms with van der Waals surface area (Å²) in [6.45, 7) is 0. The summed E-state index contributed by atoms with van der Waals surface area (Å²) in [5.41, 5.74) is 7.31. The smallest absolute Gasteiger partial charge is 0.418 e. The summed E-state index contributed by atoms with van der Waals surface area (Å²) in [6, 6.07) is 26.4. The summed E-state index contributed by atoms with van der Waals surface area (Å²) in [5, 5.41) is 3.44. The largest absolute Gasteiger partial charge is 3.00 e. The Morgan fingerprint density at radius 3 is 1.43 bits per heavy atom. The molecule has 26 heteroatoms. The number of hydrazine groups is 2. The SMILES string of the molecule is F[B-](F)(F)F.F[B-](F)(F)F.F[B-](F)(F)F.Fc1ccc(-c2cccnc2C2=C(c3ccncc3)NN(c3ncccc3-c3ccc(F)cc3F)N2c2ccccc2)c(F)c1.[Ir+3]. The van der Waals surface area contributed by atoms with Crippen LogP contribution in [0.3, 0.4) is 0 Å². The third kappa shape index (κ3) is 15.2. The van der Waals surface area contributed by atoms with Gasteiger partial charge in [0, 0.05) is 64.7 Å². The third-order valence-corrected chi connectivity index (χ3v) is 7.30. The number of hydrogen-bond acceptors (Lipinski definition) is 6. The quantitative estimate of drug-likeness (QED) is 0.133. The van der Waals surface area contributed by atoms with Gasteiger partial charge in [-0.3, -0.25) is 15.4 Å². The molecule has 1 N–H and O–H groups in total. The summed E-state index contributed by atoms with van der Waals surface area (Å²) in [5.74, 6) is -2.61. The molecule has 0 bridgehead atoms. The van der Waals surface area contributed by atoms with E-state index in [1.807, 2.05) is 30.3 Å². The fourth-order valence-electron chi connectivity index (χ4n) is 5.32. The number of halogens is 16. The molecule has 6 aromatic rings. The molecule has 6 nitrogen and oxygen atoms in total. The Kier molecular flexibility index (Phi) is 17.0. The molecule has 0 radical (unpaired) electrons. The molecule has 0 unspecified atom stereocenters. The molecule has 3 aromatic carbocycles. The summed E-state index contributed by atoms with van der Waals surface area (Å²) in [7, 11) is -18.0. The van der Waals surface area contributed by atoms with E-state index >= 15 is 8.78 Å². The average molecular weight is 1060 g/mol. The number of benzene rings is 3. The molecule has 0 amide bonds.